The molecule has 4 N–H and O–H groups in total. The van der Waals surface area contributed by atoms with E-state index in [0.717, 1.165) is 12.5 Å². The summed E-state index contributed by atoms with van der Waals surface area (Å²) in [5, 5.41) is 3.10. The summed E-state index contributed by atoms with van der Waals surface area (Å²) in [6.07, 6.45) is 2.61. The molecule has 8 nitrogen and oxygen atoms in total. The number of hydrazine groups is 1. The number of aromatic nitrogens is 3. The molecule has 1 aromatic rings. The molecule has 8 heteroatoms. The van der Waals surface area contributed by atoms with Gasteiger partial charge in [-0.3, -0.25) is 5.43 Å². The van der Waals surface area contributed by atoms with Crippen molar-refractivity contribution >= 4 is 17.8 Å². The number of ether oxygens (including phenoxy) is 1. The second-order valence-corrected chi connectivity index (χ2v) is 4.77. The molecule has 0 aromatic carbocycles. The van der Waals surface area contributed by atoms with Crippen LogP contribution in [0.1, 0.15) is 12.8 Å². The van der Waals surface area contributed by atoms with Gasteiger partial charge in [0.25, 0.3) is 0 Å². The van der Waals surface area contributed by atoms with Crippen molar-refractivity contribution in [3.63, 3.8) is 0 Å². The molecule has 0 atom stereocenters. The van der Waals surface area contributed by atoms with Crippen molar-refractivity contribution in [3.8, 4) is 0 Å². The molecule has 0 bridgehead atoms. The SMILES string of the molecule is CN(C)c1nc(NN)nc(NCCOCC2CC2)n1. The van der Waals surface area contributed by atoms with Crippen LogP contribution in [0.25, 0.3) is 0 Å². The fraction of sp³-hybridized carbons (Fsp3) is 0.727. The maximum absolute atomic E-state index is 5.53. The summed E-state index contributed by atoms with van der Waals surface area (Å²) < 4.78 is 5.53. The van der Waals surface area contributed by atoms with E-state index in [1.54, 1.807) is 4.90 Å². The molecule has 1 aliphatic rings. The molecule has 0 aliphatic heterocycles. The summed E-state index contributed by atoms with van der Waals surface area (Å²) in [7, 11) is 3.72. The van der Waals surface area contributed by atoms with E-state index in [0.29, 0.717) is 31.0 Å². The summed E-state index contributed by atoms with van der Waals surface area (Å²) in [6.45, 7) is 2.16. The maximum atomic E-state index is 5.53. The van der Waals surface area contributed by atoms with Crippen LogP contribution in [0, 0.1) is 5.92 Å². The summed E-state index contributed by atoms with van der Waals surface area (Å²) in [5.74, 6) is 7.48. The summed E-state index contributed by atoms with van der Waals surface area (Å²) in [5.41, 5.74) is 2.43. The van der Waals surface area contributed by atoms with Gasteiger partial charge in [0.15, 0.2) is 0 Å². The molecule has 0 amide bonds. The van der Waals surface area contributed by atoms with Crippen LogP contribution in [0.15, 0.2) is 0 Å². The van der Waals surface area contributed by atoms with Crippen LogP contribution in [0.4, 0.5) is 17.8 Å². The predicted octanol–water partition coefficient (Wildman–Crippen LogP) is 0.0617. The quantitative estimate of drug-likeness (QED) is 0.345. The second-order valence-electron chi connectivity index (χ2n) is 4.77. The van der Waals surface area contributed by atoms with Crippen LogP contribution in [-0.2, 0) is 4.74 Å². The van der Waals surface area contributed by atoms with Gasteiger partial charge in [-0.25, -0.2) is 5.84 Å². The lowest BCUT2D eigenvalue weighted by atomic mass is 10.5. The molecule has 106 valence electrons. The molecular weight excluding hydrogens is 246 g/mol. The highest BCUT2D eigenvalue weighted by molar-refractivity contribution is 5.42. The topological polar surface area (TPSA) is 101 Å². The fourth-order valence-corrected chi connectivity index (χ4v) is 1.48. The first-order valence-corrected chi connectivity index (χ1v) is 6.40. The molecule has 1 aliphatic carbocycles. The Labute approximate surface area is 112 Å². The first kappa shape index (κ1) is 13.8. The van der Waals surface area contributed by atoms with Crippen LogP contribution in [-0.4, -0.2) is 48.8 Å². The normalized spacial score (nSPS) is 14.3. The van der Waals surface area contributed by atoms with Crippen LogP contribution in [0.5, 0.6) is 0 Å². The lowest BCUT2D eigenvalue weighted by molar-refractivity contribution is 0.133. The first-order valence-electron chi connectivity index (χ1n) is 6.40. The first-order chi connectivity index (χ1) is 9.19. The van der Waals surface area contributed by atoms with Gasteiger partial charge < -0.3 is 15.0 Å². The zero-order valence-electron chi connectivity index (χ0n) is 11.4. The van der Waals surface area contributed by atoms with E-state index in [1.807, 2.05) is 14.1 Å². The Kier molecular flexibility index (Phi) is 4.69. The molecule has 1 heterocycles. The third kappa shape index (κ3) is 4.49. The van der Waals surface area contributed by atoms with E-state index in [-0.39, 0.29) is 0 Å². The Balaban J connectivity index is 1.81. The lowest BCUT2D eigenvalue weighted by Gasteiger charge is -2.13. The number of hydrogen-bond acceptors (Lipinski definition) is 8. The van der Waals surface area contributed by atoms with Crippen molar-refractivity contribution in [2.75, 3.05) is 49.5 Å². The zero-order chi connectivity index (χ0) is 13.7. The Morgan fingerprint density at radius 3 is 2.63 bits per heavy atom. The van der Waals surface area contributed by atoms with Gasteiger partial charge in [-0.1, -0.05) is 0 Å². The smallest absolute Gasteiger partial charge is 0.243 e. The van der Waals surface area contributed by atoms with Gasteiger partial charge in [0.05, 0.1) is 6.61 Å². The van der Waals surface area contributed by atoms with E-state index < -0.39 is 0 Å². The van der Waals surface area contributed by atoms with E-state index in [2.05, 4.69) is 25.7 Å². The molecule has 19 heavy (non-hydrogen) atoms. The van der Waals surface area contributed by atoms with Gasteiger partial charge in [-0.15, -0.1) is 0 Å². The Bertz CT molecular complexity index is 408. The van der Waals surface area contributed by atoms with Gasteiger partial charge >= 0.3 is 0 Å². The van der Waals surface area contributed by atoms with Gasteiger partial charge in [-0.05, 0) is 18.8 Å². The lowest BCUT2D eigenvalue weighted by Crippen LogP contribution is -2.20. The third-order valence-electron chi connectivity index (χ3n) is 2.73. The van der Waals surface area contributed by atoms with Gasteiger partial charge in [0.2, 0.25) is 17.8 Å². The largest absolute Gasteiger partial charge is 0.379 e. The van der Waals surface area contributed by atoms with Crippen LogP contribution in [0.2, 0.25) is 0 Å². The molecular formula is C11H21N7O. The van der Waals surface area contributed by atoms with E-state index >= 15 is 0 Å². The minimum absolute atomic E-state index is 0.333. The minimum Gasteiger partial charge on any atom is -0.379 e. The molecule has 2 rings (SSSR count). The Hall–Kier alpha value is -1.67. The highest BCUT2D eigenvalue weighted by atomic mass is 16.5. The highest BCUT2D eigenvalue weighted by Crippen LogP contribution is 2.28. The molecule has 0 spiro atoms. The molecule has 0 saturated heterocycles. The minimum atomic E-state index is 0.333. The van der Waals surface area contributed by atoms with Crippen molar-refractivity contribution in [1.29, 1.82) is 0 Å². The number of nitrogens with zero attached hydrogens (tertiary/aromatic N) is 4. The van der Waals surface area contributed by atoms with Crippen molar-refractivity contribution in [2.45, 2.75) is 12.8 Å². The molecule has 1 saturated carbocycles. The van der Waals surface area contributed by atoms with Gasteiger partial charge in [0, 0.05) is 27.2 Å². The standard InChI is InChI=1S/C11H21N7O/c1-18(2)11-15-9(14-10(16-11)17-12)13-5-6-19-7-8-3-4-8/h8H,3-7,12H2,1-2H3,(H2,13,14,15,16,17). The van der Waals surface area contributed by atoms with Crippen LogP contribution < -0.4 is 21.5 Å². The monoisotopic (exact) mass is 267 g/mol. The number of rotatable bonds is 8. The number of nitrogen functional groups attached to an aromatic ring is 1. The molecule has 1 fully saturated rings. The fourth-order valence-electron chi connectivity index (χ4n) is 1.48. The average molecular weight is 267 g/mol. The van der Waals surface area contributed by atoms with E-state index in [1.165, 1.54) is 12.8 Å². The molecule has 0 radical (unpaired) electrons. The average Bonchev–Trinajstić information content (AvgIpc) is 3.22. The molecule has 0 unspecified atom stereocenters. The summed E-state index contributed by atoms with van der Waals surface area (Å²) >= 11 is 0. The zero-order valence-corrected chi connectivity index (χ0v) is 11.4. The maximum Gasteiger partial charge on any atom is 0.243 e. The number of anilines is 3. The number of nitrogens with two attached hydrogens (primary N) is 1. The highest BCUT2D eigenvalue weighted by Gasteiger charge is 2.20. The van der Waals surface area contributed by atoms with Crippen molar-refractivity contribution in [3.05, 3.63) is 0 Å². The van der Waals surface area contributed by atoms with E-state index in [4.69, 9.17) is 10.6 Å². The van der Waals surface area contributed by atoms with Gasteiger partial charge in [-0.2, -0.15) is 15.0 Å². The number of nitrogens with one attached hydrogen (secondary N) is 2. The van der Waals surface area contributed by atoms with E-state index in [9.17, 15) is 0 Å². The Morgan fingerprint density at radius 2 is 2.00 bits per heavy atom. The summed E-state index contributed by atoms with van der Waals surface area (Å²) in [6, 6.07) is 0. The van der Waals surface area contributed by atoms with Crippen LogP contribution >= 0.6 is 0 Å². The van der Waals surface area contributed by atoms with Gasteiger partial charge in [0.1, 0.15) is 0 Å². The third-order valence-corrected chi connectivity index (χ3v) is 2.73. The Morgan fingerprint density at radius 1 is 1.26 bits per heavy atom. The van der Waals surface area contributed by atoms with Crippen molar-refractivity contribution < 1.29 is 4.74 Å². The predicted molar refractivity (Wildman–Crippen MR) is 74.0 cm³/mol. The molecule has 1 aromatic heterocycles. The summed E-state index contributed by atoms with van der Waals surface area (Å²) in [4.78, 5) is 14.3. The van der Waals surface area contributed by atoms with Crippen molar-refractivity contribution in [1.82, 2.24) is 15.0 Å². The second kappa shape index (κ2) is 6.48. The van der Waals surface area contributed by atoms with Crippen LogP contribution in [0.3, 0.4) is 0 Å². The number of hydrogen-bond donors (Lipinski definition) is 3. The van der Waals surface area contributed by atoms with Crippen molar-refractivity contribution in [2.24, 2.45) is 11.8 Å².